The number of anilines is 2. The average molecular weight is 287 g/mol. The van der Waals surface area contributed by atoms with E-state index < -0.39 is 5.97 Å². The van der Waals surface area contributed by atoms with Crippen LogP contribution in [0.3, 0.4) is 0 Å². The predicted octanol–water partition coefficient (Wildman–Crippen LogP) is 3.68. The van der Waals surface area contributed by atoms with Gasteiger partial charge in [0.1, 0.15) is 0 Å². The minimum atomic E-state index is -1.01. The van der Waals surface area contributed by atoms with E-state index in [1.165, 1.54) is 12.1 Å². The quantitative estimate of drug-likeness (QED) is 0.935. The third kappa shape index (κ3) is 2.73. The Kier molecular flexibility index (Phi) is 3.92. The Labute approximate surface area is 121 Å². The maximum atomic E-state index is 10.9. The molecule has 100 valence electrons. The highest BCUT2D eigenvalue weighted by Gasteiger charge is 2.11. The Bertz CT molecular complexity index is 690. The summed E-state index contributed by atoms with van der Waals surface area (Å²) < 4.78 is 0. The highest BCUT2D eigenvalue weighted by molar-refractivity contribution is 6.33. The van der Waals surface area contributed by atoms with E-state index in [0.29, 0.717) is 16.3 Å². The number of aromatic carboxylic acids is 1. The molecule has 1 N–H and O–H groups in total. The Morgan fingerprint density at radius 2 is 1.90 bits per heavy atom. The highest BCUT2D eigenvalue weighted by atomic mass is 35.5. The van der Waals surface area contributed by atoms with Crippen molar-refractivity contribution < 1.29 is 9.90 Å². The van der Waals surface area contributed by atoms with Crippen molar-refractivity contribution in [2.24, 2.45) is 0 Å². The Morgan fingerprint density at radius 1 is 1.25 bits per heavy atom. The lowest BCUT2D eigenvalue weighted by molar-refractivity contribution is 0.0697. The van der Waals surface area contributed by atoms with Crippen LogP contribution < -0.4 is 4.90 Å². The van der Waals surface area contributed by atoms with Crippen LogP contribution in [-0.2, 0) is 0 Å². The second kappa shape index (κ2) is 5.64. The maximum absolute atomic E-state index is 10.9. The molecule has 2 aromatic rings. The molecule has 2 rings (SSSR count). The lowest BCUT2D eigenvalue weighted by Gasteiger charge is -2.21. The molecule has 0 unspecified atom stereocenters. The zero-order valence-electron chi connectivity index (χ0n) is 10.7. The summed E-state index contributed by atoms with van der Waals surface area (Å²) in [4.78, 5) is 12.7. The van der Waals surface area contributed by atoms with Gasteiger partial charge in [-0.25, -0.2) is 4.79 Å². The van der Waals surface area contributed by atoms with Crippen molar-refractivity contribution in [2.45, 2.75) is 0 Å². The van der Waals surface area contributed by atoms with E-state index in [4.69, 9.17) is 22.0 Å². The summed E-state index contributed by atoms with van der Waals surface area (Å²) in [6, 6.07) is 13.7. The first kappa shape index (κ1) is 13.9. The third-order valence-electron chi connectivity index (χ3n) is 2.94. The first-order valence-electron chi connectivity index (χ1n) is 5.79. The van der Waals surface area contributed by atoms with Crippen LogP contribution in [0.2, 0.25) is 5.02 Å². The molecule has 0 aliphatic heterocycles. The van der Waals surface area contributed by atoms with Crippen molar-refractivity contribution in [3.05, 3.63) is 58.6 Å². The van der Waals surface area contributed by atoms with Crippen LogP contribution in [-0.4, -0.2) is 18.1 Å². The van der Waals surface area contributed by atoms with E-state index in [0.717, 1.165) is 5.69 Å². The van der Waals surface area contributed by atoms with Crippen molar-refractivity contribution in [1.82, 2.24) is 0 Å². The minimum Gasteiger partial charge on any atom is -0.478 e. The number of nitriles is 1. The zero-order valence-corrected chi connectivity index (χ0v) is 11.4. The number of hydrogen-bond donors (Lipinski definition) is 1. The fourth-order valence-corrected chi connectivity index (χ4v) is 2.12. The van der Waals surface area contributed by atoms with Gasteiger partial charge in [-0.2, -0.15) is 5.26 Å². The molecule has 0 heterocycles. The van der Waals surface area contributed by atoms with Gasteiger partial charge in [-0.1, -0.05) is 11.6 Å². The van der Waals surface area contributed by atoms with Gasteiger partial charge in [0.05, 0.1) is 27.9 Å². The van der Waals surface area contributed by atoms with Gasteiger partial charge in [0.2, 0.25) is 0 Å². The number of hydrogen-bond acceptors (Lipinski definition) is 3. The fraction of sp³-hybridized carbons (Fsp3) is 0.0667. The summed E-state index contributed by atoms with van der Waals surface area (Å²) in [6.45, 7) is 0. The number of carboxylic acids is 1. The number of rotatable bonds is 3. The number of benzene rings is 2. The summed E-state index contributed by atoms with van der Waals surface area (Å²) >= 11 is 6.12. The van der Waals surface area contributed by atoms with E-state index in [9.17, 15) is 4.79 Å². The summed E-state index contributed by atoms with van der Waals surface area (Å²) in [7, 11) is 1.82. The molecule has 0 radical (unpaired) electrons. The van der Waals surface area contributed by atoms with Gasteiger partial charge < -0.3 is 10.0 Å². The van der Waals surface area contributed by atoms with Gasteiger partial charge >= 0.3 is 5.97 Å². The van der Waals surface area contributed by atoms with Crippen LogP contribution in [0.1, 0.15) is 15.9 Å². The van der Waals surface area contributed by atoms with E-state index in [1.54, 1.807) is 30.3 Å². The lowest BCUT2D eigenvalue weighted by atomic mass is 10.1. The Morgan fingerprint density at radius 3 is 2.40 bits per heavy atom. The molecule has 0 saturated heterocycles. The fourth-order valence-electron chi connectivity index (χ4n) is 1.81. The first-order chi connectivity index (χ1) is 9.52. The SMILES string of the molecule is CN(c1ccc(C#N)cc1)c1ccc(C(=O)O)cc1Cl. The number of halogens is 1. The van der Waals surface area contributed by atoms with Crippen LogP contribution >= 0.6 is 11.6 Å². The van der Waals surface area contributed by atoms with Crippen molar-refractivity contribution in [2.75, 3.05) is 11.9 Å². The highest BCUT2D eigenvalue weighted by Crippen LogP contribution is 2.31. The number of carbonyl (C=O) groups is 1. The number of nitrogens with zero attached hydrogens (tertiary/aromatic N) is 2. The molecule has 0 fully saturated rings. The van der Waals surface area contributed by atoms with E-state index >= 15 is 0 Å². The van der Waals surface area contributed by atoms with Gasteiger partial charge in [-0.15, -0.1) is 0 Å². The molecule has 5 heteroatoms. The molecule has 0 atom stereocenters. The van der Waals surface area contributed by atoms with Crippen LogP contribution in [0.25, 0.3) is 0 Å². The molecule has 0 bridgehead atoms. The monoisotopic (exact) mass is 286 g/mol. The molecule has 0 spiro atoms. The van der Waals surface area contributed by atoms with Gasteiger partial charge in [0.15, 0.2) is 0 Å². The Balaban J connectivity index is 2.35. The minimum absolute atomic E-state index is 0.145. The topological polar surface area (TPSA) is 64.3 Å². The van der Waals surface area contributed by atoms with Gasteiger partial charge in [-0.05, 0) is 42.5 Å². The van der Waals surface area contributed by atoms with Crippen LogP contribution in [0, 0.1) is 11.3 Å². The largest absolute Gasteiger partial charge is 0.478 e. The molecule has 0 saturated carbocycles. The zero-order chi connectivity index (χ0) is 14.7. The number of carboxylic acid groups (broad SMARTS) is 1. The molecule has 0 aliphatic rings. The molecule has 4 nitrogen and oxygen atoms in total. The van der Waals surface area contributed by atoms with E-state index in [2.05, 4.69) is 6.07 Å². The summed E-state index contributed by atoms with van der Waals surface area (Å²) in [5.41, 5.74) is 2.27. The molecular weight excluding hydrogens is 276 g/mol. The Hall–Kier alpha value is -2.51. The molecule has 0 aliphatic carbocycles. The molecule has 20 heavy (non-hydrogen) atoms. The standard InChI is InChI=1S/C15H11ClN2O2/c1-18(12-5-2-10(9-17)3-6-12)14-7-4-11(15(19)20)8-13(14)16/h2-8H,1H3,(H,19,20). The predicted molar refractivity (Wildman–Crippen MR) is 77.6 cm³/mol. The average Bonchev–Trinajstić information content (AvgIpc) is 2.46. The van der Waals surface area contributed by atoms with Crippen molar-refractivity contribution in [1.29, 1.82) is 5.26 Å². The van der Waals surface area contributed by atoms with Crippen molar-refractivity contribution in [3.63, 3.8) is 0 Å². The van der Waals surface area contributed by atoms with Crippen LogP contribution in [0.15, 0.2) is 42.5 Å². The molecule has 2 aromatic carbocycles. The molecule has 0 aromatic heterocycles. The summed E-state index contributed by atoms with van der Waals surface area (Å²) in [5.74, 6) is -1.01. The maximum Gasteiger partial charge on any atom is 0.335 e. The molecular formula is C15H11ClN2O2. The second-order valence-electron chi connectivity index (χ2n) is 4.19. The van der Waals surface area contributed by atoms with Crippen molar-refractivity contribution in [3.8, 4) is 6.07 Å². The van der Waals surface area contributed by atoms with Crippen LogP contribution in [0.5, 0.6) is 0 Å². The smallest absolute Gasteiger partial charge is 0.335 e. The lowest BCUT2D eigenvalue weighted by Crippen LogP contribution is -2.10. The normalized spacial score (nSPS) is 9.85. The van der Waals surface area contributed by atoms with Crippen LogP contribution in [0.4, 0.5) is 11.4 Å². The van der Waals surface area contributed by atoms with Gasteiger partial charge in [0, 0.05) is 12.7 Å². The first-order valence-corrected chi connectivity index (χ1v) is 6.17. The van der Waals surface area contributed by atoms with Gasteiger partial charge in [-0.3, -0.25) is 0 Å². The third-order valence-corrected chi connectivity index (χ3v) is 3.24. The van der Waals surface area contributed by atoms with E-state index in [-0.39, 0.29) is 5.56 Å². The van der Waals surface area contributed by atoms with Gasteiger partial charge in [0.25, 0.3) is 0 Å². The molecule has 0 amide bonds. The summed E-state index contributed by atoms with van der Waals surface area (Å²) in [6.07, 6.45) is 0. The van der Waals surface area contributed by atoms with Crippen molar-refractivity contribution >= 4 is 28.9 Å². The summed E-state index contributed by atoms with van der Waals surface area (Å²) in [5, 5.41) is 18.0. The van der Waals surface area contributed by atoms with E-state index in [1.807, 2.05) is 11.9 Å². The second-order valence-corrected chi connectivity index (χ2v) is 4.60.